The Hall–Kier alpha value is -2.23. The summed E-state index contributed by atoms with van der Waals surface area (Å²) in [7, 11) is -4.35. The quantitative estimate of drug-likeness (QED) is 0.309. The standard InChI is InChI=1S/C23H27BrF2N2O3S/c1-6-8-22(28(7-2)17(5)31-18-11-9-15(3)10-12-18)16(4)27-32(29,30)23-14-20(25)19(24)13-21(23)26/h8-14,16,27H,5-7H2,1-4H3/b22-8-. The van der Waals surface area contributed by atoms with E-state index >= 15 is 0 Å². The summed E-state index contributed by atoms with van der Waals surface area (Å²) in [6.45, 7) is 11.8. The van der Waals surface area contributed by atoms with E-state index in [0.717, 1.165) is 11.6 Å². The zero-order chi connectivity index (χ0) is 24.1. The molecule has 0 saturated heterocycles. The second-order valence-electron chi connectivity index (χ2n) is 7.13. The van der Waals surface area contributed by atoms with Gasteiger partial charge in [0, 0.05) is 12.2 Å². The van der Waals surface area contributed by atoms with Crippen LogP contribution in [0.25, 0.3) is 0 Å². The lowest BCUT2D eigenvalue weighted by atomic mass is 10.2. The Bertz CT molecular complexity index is 1100. The Morgan fingerprint density at radius 2 is 1.84 bits per heavy atom. The van der Waals surface area contributed by atoms with Gasteiger partial charge in [0.1, 0.15) is 22.3 Å². The fourth-order valence-electron chi connectivity index (χ4n) is 3.10. The van der Waals surface area contributed by atoms with Crippen LogP contribution in [0.1, 0.15) is 32.8 Å². The molecule has 174 valence electrons. The fourth-order valence-corrected chi connectivity index (χ4v) is 4.70. The zero-order valence-corrected chi connectivity index (χ0v) is 20.9. The average Bonchev–Trinajstić information content (AvgIpc) is 2.71. The van der Waals surface area contributed by atoms with Crippen molar-refractivity contribution in [2.45, 2.75) is 45.1 Å². The second kappa shape index (κ2) is 11.1. The van der Waals surface area contributed by atoms with E-state index < -0.39 is 32.6 Å². The normalized spacial score (nSPS) is 13.0. The highest BCUT2D eigenvalue weighted by Crippen LogP contribution is 2.25. The number of sulfonamides is 1. The van der Waals surface area contributed by atoms with Crippen molar-refractivity contribution < 1.29 is 21.9 Å². The summed E-state index contributed by atoms with van der Waals surface area (Å²) in [4.78, 5) is 0.966. The van der Waals surface area contributed by atoms with Crippen molar-refractivity contribution in [3.05, 3.63) is 82.3 Å². The number of allylic oxidation sites excluding steroid dienone is 1. The van der Waals surface area contributed by atoms with Gasteiger partial charge in [0.05, 0.1) is 10.5 Å². The minimum absolute atomic E-state index is 0.157. The van der Waals surface area contributed by atoms with Crippen molar-refractivity contribution in [1.29, 1.82) is 0 Å². The molecule has 0 heterocycles. The van der Waals surface area contributed by atoms with E-state index in [1.165, 1.54) is 0 Å². The Morgan fingerprint density at radius 1 is 1.22 bits per heavy atom. The van der Waals surface area contributed by atoms with Crippen molar-refractivity contribution >= 4 is 26.0 Å². The molecule has 2 aromatic rings. The van der Waals surface area contributed by atoms with Gasteiger partial charge in [-0.1, -0.05) is 30.7 Å². The van der Waals surface area contributed by atoms with Crippen LogP contribution in [0.5, 0.6) is 5.75 Å². The van der Waals surface area contributed by atoms with Crippen molar-refractivity contribution in [2.24, 2.45) is 0 Å². The highest BCUT2D eigenvalue weighted by atomic mass is 79.9. The molecule has 0 saturated carbocycles. The topological polar surface area (TPSA) is 58.6 Å². The van der Waals surface area contributed by atoms with Crippen molar-refractivity contribution in [2.75, 3.05) is 6.54 Å². The van der Waals surface area contributed by atoms with Crippen LogP contribution < -0.4 is 9.46 Å². The highest BCUT2D eigenvalue weighted by Gasteiger charge is 2.27. The molecule has 1 N–H and O–H groups in total. The summed E-state index contributed by atoms with van der Waals surface area (Å²) < 4.78 is 61.9. The van der Waals surface area contributed by atoms with Gasteiger partial charge in [0.15, 0.2) is 5.88 Å². The number of likely N-dealkylation sites (N-methyl/N-ethyl adjacent to an activating group) is 1. The number of hydrogen-bond acceptors (Lipinski definition) is 4. The van der Waals surface area contributed by atoms with Gasteiger partial charge in [0.2, 0.25) is 10.0 Å². The third kappa shape index (κ3) is 6.40. The van der Waals surface area contributed by atoms with Crippen molar-refractivity contribution in [3.8, 4) is 5.75 Å². The van der Waals surface area contributed by atoms with E-state index in [4.69, 9.17) is 4.74 Å². The Labute approximate surface area is 197 Å². The molecule has 1 unspecified atom stereocenters. The molecule has 0 bridgehead atoms. The van der Waals surface area contributed by atoms with Gasteiger partial charge in [-0.15, -0.1) is 0 Å². The van der Waals surface area contributed by atoms with Crippen LogP contribution in [0.4, 0.5) is 8.78 Å². The molecule has 0 radical (unpaired) electrons. The monoisotopic (exact) mass is 528 g/mol. The minimum Gasteiger partial charge on any atom is -0.441 e. The van der Waals surface area contributed by atoms with Gasteiger partial charge >= 0.3 is 0 Å². The first-order valence-electron chi connectivity index (χ1n) is 10.1. The smallest absolute Gasteiger partial charge is 0.244 e. The van der Waals surface area contributed by atoms with E-state index in [9.17, 15) is 17.2 Å². The van der Waals surface area contributed by atoms with Crippen LogP contribution in [0, 0.1) is 18.6 Å². The maximum Gasteiger partial charge on any atom is 0.244 e. The molecular formula is C23H27BrF2N2O3S. The summed E-state index contributed by atoms with van der Waals surface area (Å²) in [5.41, 5.74) is 1.66. The molecule has 9 heteroatoms. The molecule has 5 nitrogen and oxygen atoms in total. The average molecular weight is 529 g/mol. The summed E-state index contributed by atoms with van der Waals surface area (Å²) in [5.74, 6) is -1.03. The number of nitrogens with zero attached hydrogens (tertiary/aromatic N) is 1. The van der Waals surface area contributed by atoms with Gasteiger partial charge in [-0.2, -0.15) is 0 Å². The van der Waals surface area contributed by atoms with Crippen LogP contribution in [-0.2, 0) is 10.0 Å². The molecule has 2 rings (SSSR count). The molecule has 0 aromatic heterocycles. The molecule has 0 amide bonds. The van der Waals surface area contributed by atoms with E-state index in [1.807, 2.05) is 51.1 Å². The van der Waals surface area contributed by atoms with Gasteiger partial charge in [-0.25, -0.2) is 21.9 Å². The van der Waals surface area contributed by atoms with Crippen molar-refractivity contribution in [1.82, 2.24) is 9.62 Å². The third-order valence-electron chi connectivity index (χ3n) is 4.64. The second-order valence-corrected chi connectivity index (χ2v) is 9.67. The van der Waals surface area contributed by atoms with E-state index in [0.29, 0.717) is 36.4 Å². The summed E-state index contributed by atoms with van der Waals surface area (Å²) >= 11 is 2.85. The minimum atomic E-state index is -4.35. The first-order chi connectivity index (χ1) is 15.0. The molecule has 0 spiro atoms. The first kappa shape index (κ1) is 26.0. The third-order valence-corrected chi connectivity index (χ3v) is 6.80. The summed E-state index contributed by atoms with van der Waals surface area (Å²) in [6.07, 6.45) is 2.44. The van der Waals surface area contributed by atoms with Gasteiger partial charge in [-0.3, -0.25) is 0 Å². The number of hydrogen-bond donors (Lipinski definition) is 1. The predicted molar refractivity (Wildman–Crippen MR) is 126 cm³/mol. The lowest BCUT2D eigenvalue weighted by Crippen LogP contribution is -2.40. The highest BCUT2D eigenvalue weighted by molar-refractivity contribution is 9.10. The number of halogens is 3. The van der Waals surface area contributed by atoms with Gasteiger partial charge < -0.3 is 9.64 Å². The number of aryl methyl sites for hydroxylation is 1. The van der Waals surface area contributed by atoms with Crippen LogP contribution in [0.2, 0.25) is 0 Å². The summed E-state index contributed by atoms with van der Waals surface area (Å²) in [5, 5.41) is 0. The predicted octanol–water partition coefficient (Wildman–Crippen LogP) is 5.87. The van der Waals surface area contributed by atoms with Crippen LogP contribution in [0.15, 0.2) is 70.0 Å². The van der Waals surface area contributed by atoms with Gasteiger partial charge in [-0.05, 0) is 74.0 Å². The van der Waals surface area contributed by atoms with Gasteiger partial charge in [0.25, 0.3) is 0 Å². The molecule has 1 atom stereocenters. The number of rotatable bonds is 10. The number of nitrogens with one attached hydrogen (secondary N) is 1. The maximum absolute atomic E-state index is 14.3. The van der Waals surface area contributed by atoms with E-state index in [2.05, 4.69) is 27.2 Å². The zero-order valence-electron chi connectivity index (χ0n) is 18.5. The SMILES string of the molecule is C=C(Oc1ccc(C)cc1)N(CC)/C(=C\CC)C(C)NS(=O)(=O)c1cc(F)c(Br)cc1F. The van der Waals surface area contributed by atoms with Crippen LogP contribution >= 0.6 is 15.9 Å². The Morgan fingerprint density at radius 3 is 2.41 bits per heavy atom. The Balaban J connectivity index is 2.29. The molecular weight excluding hydrogens is 502 g/mol. The largest absolute Gasteiger partial charge is 0.441 e. The first-order valence-corrected chi connectivity index (χ1v) is 12.4. The maximum atomic E-state index is 14.3. The Kier molecular flexibility index (Phi) is 9.00. The molecule has 0 aliphatic rings. The summed E-state index contributed by atoms with van der Waals surface area (Å²) in [6, 6.07) is 8.10. The molecule has 0 aliphatic carbocycles. The fraction of sp³-hybridized carbons (Fsp3) is 0.304. The molecule has 2 aromatic carbocycles. The van der Waals surface area contributed by atoms with Crippen LogP contribution in [-0.4, -0.2) is 25.9 Å². The molecule has 32 heavy (non-hydrogen) atoms. The van der Waals surface area contributed by atoms with E-state index in [1.54, 1.807) is 11.8 Å². The molecule has 0 aliphatic heterocycles. The lowest BCUT2D eigenvalue weighted by molar-refractivity contribution is 0.253. The van der Waals surface area contributed by atoms with E-state index in [-0.39, 0.29) is 4.47 Å². The van der Waals surface area contributed by atoms with Crippen LogP contribution in [0.3, 0.4) is 0 Å². The molecule has 0 fully saturated rings. The lowest BCUT2D eigenvalue weighted by Gasteiger charge is -2.31. The van der Waals surface area contributed by atoms with Crippen molar-refractivity contribution in [3.63, 3.8) is 0 Å². The number of benzene rings is 2. The number of ether oxygens (including phenoxy) is 1.